The van der Waals surface area contributed by atoms with Crippen molar-refractivity contribution in [2.75, 3.05) is 11.1 Å². The van der Waals surface area contributed by atoms with Crippen molar-refractivity contribution in [3.8, 4) is 0 Å². The quantitative estimate of drug-likeness (QED) is 0.775. The molecular formula is C14H16N4O. The van der Waals surface area contributed by atoms with E-state index in [2.05, 4.69) is 10.3 Å². The number of amides is 1. The second kappa shape index (κ2) is 5.39. The van der Waals surface area contributed by atoms with Gasteiger partial charge in [0.1, 0.15) is 11.5 Å². The lowest BCUT2D eigenvalue weighted by Gasteiger charge is -2.09. The van der Waals surface area contributed by atoms with Gasteiger partial charge in [0.25, 0.3) is 5.91 Å². The summed E-state index contributed by atoms with van der Waals surface area (Å²) in [6.45, 7) is 2.62. The fourth-order valence-corrected chi connectivity index (χ4v) is 1.64. The van der Waals surface area contributed by atoms with Gasteiger partial charge in [-0.2, -0.15) is 0 Å². The van der Waals surface area contributed by atoms with Crippen molar-refractivity contribution in [3.05, 3.63) is 53.2 Å². The summed E-state index contributed by atoms with van der Waals surface area (Å²) in [6.07, 6.45) is 0. The van der Waals surface area contributed by atoms with Crippen molar-refractivity contribution in [2.45, 2.75) is 13.5 Å². The van der Waals surface area contributed by atoms with Gasteiger partial charge in [-0.25, -0.2) is 4.98 Å². The number of nitrogens with one attached hydrogen (secondary N) is 1. The molecule has 2 aromatic rings. The van der Waals surface area contributed by atoms with E-state index in [0.717, 1.165) is 5.56 Å². The number of pyridine rings is 1. The zero-order valence-electron chi connectivity index (χ0n) is 10.7. The predicted molar refractivity (Wildman–Crippen MR) is 75.7 cm³/mol. The van der Waals surface area contributed by atoms with E-state index in [1.54, 1.807) is 6.07 Å². The maximum Gasteiger partial charge on any atom is 0.267 e. The van der Waals surface area contributed by atoms with Crippen LogP contribution in [-0.4, -0.2) is 10.9 Å². The molecule has 0 saturated heterocycles. The number of aromatic nitrogens is 1. The molecule has 19 heavy (non-hydrogen) atoms. The molecule has 0 radical (unpaired) electrons. The van der Waals surface area contributed by atoms with Crippen molar-refractivity contribution < 1.29 is 4.79 Å². The Bertz CT molecular complexity index is 593. The summed E-state index contributed by atoms with van der Waals surface area (Å²) >= 11 is 0. The van der Waals surface area contributed by atoms with E-state index >= 15 is 0 Å². The highest BCUT2D eigenvalue weighted by atomic mass is 16.1. The first-order valence-corrected chi connectivity index (χ1v) is 5.92. The van der Waals surface area contributed by atoms with Crippen molar-refractivity contribution in [2.24, 2.45) is 5.73 Å². The zero-order chi connectivity index (χ0) is 13.8. The molecule has 5 heteroatoms. The highest BCUT2D eigenvalue weighted by Crippen LogP contribution is 2.16. The Balaban J connectivity index is 2.12. The smallest absolute Gasteiger partial charge is 0.267 e. The van der Waals surface area contributed by atoms with Crippen LogP contribution in [0.3, 0.4) is 0 Å². The molecule has 1 aromatic carbocycles. The van der Waals surface area contributed by atoms with Gasteiger partial charge in [0.05, 0.1) is 5.69 Å². The van der Waals surface area contributed by atoms with Crippen molar-refractivity contribution in [3.63, 3.8) is 0 Å². The number of rotatable bonds is 4. The molecule has 98 valence electrons. The Morgan fingerprint density at radius 2 is 1.89 bits per heavy atom. The summed E-state index contributed by atoms with van der Waals surface area (Å²) in [5.41, 5.74) is 14.0. The molecule has 0 unspecified atom stereocenters. The summed E-state index contributed by atoms with van der Waals surface area (Å²) in [5.74, 6) is -0.102. The highest BCUT2D eigenvalue weighted by Gasteiger charge is 2.06. The maximum atomic E-state index is 11.1. The van der Waals surface area contributed by atoms with Crippen LogP contribution in [0.1, 0.15) is 21.6 Å². The third-order valence-corrected chi connectivity index (χ3v) is 2.76. The molecule has 0 bridgehead atoms. The van der Waals surface area contributed by atoms with E-state index in [1.807, 2.05) is 31.2 Å². The van der Waals surface area contributed by atoms with E-state index in [0.29, 0.717) is 18.1 Å². The van der Waals surface area contributed by atoms with Gasteiger partial charge < -0.3 is 16.8 Å². The number of nitrogens with zero attached hydrogens (tertiary/aromatic N) is 1. The van der Waals surface area contributed by atoms with Crippen LogP contribution < -0.4 is 16.8 Å². The number of nitrogens with two attached hydrogens (primary N) is 2. The third kappa shape index (κ3) is 3.22. The van der Waals surface area contributed by atoms with Gasteiger partial charge in [0, 0.05) is 6.54 Å². The number of carbonyl (C=O) groups excluding carboxylic acids is 1. The topological polar surface area (TPSA) is 94.0 Å². The number of aryl methyl sites for hydroxylation is 1. The van der Waals surface area contributed by atoms with Gasteiger partial charge in [-0.3, -0.25) is 4.79 Å². The molecule has 0 atom stereocenters. The first kappa shape index (κ1) is 12.9. The average molecular weight is 256 g/mol. The molecule has 0 spiro atoms. The van der Waals surface area contributed by atoms with Crippen LogP contribution >= 0.6 is 0 Å². The lowest BCUT2D eigenvalue weighted by atomic mass is 10.1. The molecule has 0 fully saturated rings. The highest BCUT2D eigenvalue weighted by molar-refractivity contribution is 5.91. The summed E-state index contributed by atoms with van der Waals surface area (Å²) in [4.78, 5) is 15.2. The fourth-order valence-electron chi connectivity index (χ4n) is 1.64. The maximum absolute atomic E-state index is 11.1. The molecule has 5 N–H and O–H groups in total. The Labute approximate surface area is 111 Å². The molecule has 0 aliphatic carbocycles. The minimum absolute atomic E-state index is 0.195. The van der Waals surface area contributed by atoms with E-state index in [4.69, 9.17) is 11.5 Å². The first-order chi connectivity index (χ1) is 9.06. The van der Waals surface area contributed by atoms with Crippen LogP contribution in [0, 0.1) is 6.92 Å². The van der Waals surface area contributed by atoms with Crippen LogP contribution in [0.2, 0.25) is 0 Å². The zero-order valence-corrected chi connectivity index (χ0v) is 10.7. The molecule has 0 aliphatic rings. The number of hydrogen-bond acceptors (Lipinski definition) is 4. The molecule has 1 aromatic heterocycles. The van der Waals surface area contributed by atoms with Crippen LogP contribution in [0.4, 0.5) is 11.5 Å². The third-order valence-electron chi connectivity index (χ3n) is 2.76. The second-order valence-corrected chi connectivity index (χ2v) is 4.34. The fraction of sp³-hybridized carbons (Fsp3) is 0.143. The Morgan fingerprint density at radius 3 is 2.53 bits per heavy atom. The standard InChI is InChI=1S/C14H16N4O/c1-9-2-4-10(5-3-9)8-17-14-11(15)6-7-12(18-14)13(16)19/h2-7H,8,15H2,1H3,(H2,16,19)(H,17,18). The van der Waals surface area contributed by atoms with Crippen LogP contribution in [0.15, 0.2) is 36.4 Å². The molecular weight excluding hydrogens is 240 g/mol. The minimum atomic E-state index is -0.571. The number of carbonyl (C=O) groups is 1. The lowest BCUT2D eigenvalue weighted by Crippen LogP contribution is -2.15. The van der Waals surface area contributed by atoms with Gasteiger partial charge in [-0.15, -0.1) is 0 Å². The van der Waals surface area contributed by atoms with Gasteiger partial charge in [0.15, 0.2) is 0 Å². The number of nitrogen functional groups attached to an aromatic ring is 1. The number of primary amides is 1. The largest absolute Gasteiger partial charge is 0.396 e. The summed E-state index contributed by atoms with van der Waals surface area (Å²) in [7, 11) is 0. The monoisotopic (exact) mass is 256 g/mol. The van der Waals surface area contributed by atoms with Gasteiger partial charge in [0.2, 0.25) is 0 Å². The van der Waals surface area contributed by atoms with E-state index in [-0.39, 0.29) is 5.69 Å². The molecule has 1 heterocycles. The summed E-state index contributed by atoms with van der Waals surface area (Å²) in [5, 5.41) is 3.10. The predicted octanol–water partition coefficient (Wildman–Crippen LogP) is 1.68. The minimum Gasteiger partial charge on any atom is -0.396 e. The van der Waals surface area contributed by atoms with E-state index in [1.165, 1.54) is 11.6 Å². The number of hydrogen-bond donors (Lipinski definition) is 3. The Kier molecular flexibility index (Phi) is 3.66. The van der Waals surface area contributed by atoms with Crippen molar-refractivity contribution >= 4 is 17.4 Å². The SMILES string of the molecule is Cc1ccc(CNc2nc(C(N)=O)ccc2N)cc1. The lowest BCUT2D eigenvalue weighted by molar-refractivity contribution is 0.0996. The number of anilines is 2. The first-order valence-electron chi connectivity index (χ1n) is 5.92. The molecule has 2 rings (SSSR count). The average Bonchev–Trinajstić information content (AvgIpc) is 2.39. The van der Waals surface area contributed by atoms with E-state index in [9.17, 15) is 4.79 Å². The molecule has 0 saturated carbocycles. The van der Waals surface area contributed by atoms with E-state index < -0.39 is 5.91 Å². The summed E-state index contributed by atoms with van der Waals surface area (Å²) < 4.78 is 0. The van der Waals surface area contributed by atoms with Gasteiger partial charge >= 0.3 is 0 Å². The Hall–Kier alpha value is -2.56. The van der Waals surface area contributed by atoms with Gasteiger partial charge in [-0.1, -0.05) is 29.8 Å². The van der Waals surface area contributed by atoms with Crippen LogP contribution in [0.25, 0.3) is 0 Å². The Morgan fingerprint density at radius 1 is 1.21 bits per heavy atom. The summed E-state index contributed by atoms with van der Waals surface area (Å²) in [6, 6.07) is 11.2. The molecule has 0 aliphatic heterocycles. The van der Waals surface area contributed by atoms with Crippen molar-refractivity contribution in [1.29, 1.82) is 0 Å². The molecule has 1 amide bonds. The van der Waals surface area contributed by atoms with Crippen LogP contribution in [-0.2, 0) is 6.54 Å². The van der Waals surface area contributed by atoms with Crippen molar-refractivity contribution in [1.82, 2.24) is 4.98 Å². The van der Waals surface area contributed by atoms with Crippen LogP contribution in [0.5, 0.6) is 0 Å². The second-order valence-electron chi connectivity index (χ2n) is 4.34. The normalized spacial score (nSPS) is 10.2. The number of benzene rings is 1. The molecule has 5 nitrogen and oxygen atoms in total. The van der Waals surface area contributed by atoms with Gasteiger partial charge in [-0.05, 0) is 24.6 Å².